The van der Waals surface area contributed by atoms with Crippen molar-refractivity contribution in [3.63, 3.8) is 0 Å². The van der Waals surface area contributed by atoms with Crippen molar-refractivity contribution < 1.29 is 33.4 Å². The van der Waals surface area contributed by atoms with Gasteiger partial charge in [-0.05, 0) is 16.7 Å². The average Bonchev–Trinajstić information content (AvgIpc) is 3.44. The van der Waals surface area contributed by atoms with Crippen molar-refractivity contribution in [3.05, 3.63) is 119 Å². The summed E-state index contributed by atoms with van der Waals surface area (Å²) in [4.78, 5) is 49.3. The molecule has 1 heterocycles. The van der Waals surface area contributed by atoms with Gasteiger partial charge in [0.05, 0.1) is 13.1 Å². The third-order valence-electron chi connectivity index (χ3n) is 5.85. The number of ether oxygens (including phenoxy) is 3. The molecule has 4 N–H and O–H groups in total. The van der Waals surface area contributed by atoms with Crippen LogP contribution in [0.2, 0.25) is 0 Å². The smallest absolute Gasteiger partial charge is 0.407 e. The highest BCUT2D eigenvalue weighted by Gasteiger charge is 2.18. The van der Waals surface area contributed by atoms with Gasteiger partial charge in [-0.1, -0.05) is 91.0 Å². The molecular weight excluding hydrogens is 570 g/mol. The summed E-state index contributed by atoms with van der Waals surface area (Å²) in [5.41, 5.74) is 4.95. The predicted molar refractivity (Wildman–Crippen MR) is 156 cm³/mol. The van der Waals surface area contributed by atoms with Gasteiger partial charge in [-0.3, -0.25) is 10.2 Å². The Morgan fingerprint density at radius 2 is 0.909 bits per heavy atom. The molecule has 0 aliphatic rings. The number of nitrogens with one attached hydrogen (secondary N) is 4. The molecule has 3 aromatic carbocycles. The van der Waals surface area contributed by atoms with Crippen LogP contribution in [0.15, 0.2) is 91.0 Å². The van der Waals surface area contributed by atoms with Crippen LogP contribution >= 0.6 is 0 Å². The zero-order valence-corrected chi connectivity index (χ0v) is 23.6. The largest absolute Gasteiger partial charge is 0.445 e. The van der Waals surface area contributed by atoms with Crippen molar-refractivity contribution in [2.75, 3.05) is 12.0 Å². The summed E-state index contributed by atoms with van der Waals surface area (Å²) in [6, 6.07) is 27.3. The van der Waals surface area contributed by atoms with E-state index in [-0.39, 0.29) is 44.6 Å². The normalized spacial score (nSPS) is 10.3. The summed E-state index contributed by atoms with van der Waals surface area (Å²) >= 11 is 0. The van der Waals surface area contributed by atoms with Crippen molar-refractivity contribution >= 4 is 24.2 Å². The number of hydrogen-bond donors (Lipinski definition) is 4. The maximum absolute atomic E-state index is 12.7. The number of aromatic nitrogens is 3. The highest BCUT2D eigenvalue weighted by Crippen LogP contribution is 2.05. The lowest BCUT2D eigenvalue weighted by atomic mass is 10.2. The first-order valence-electron chi connectivity index (χ1n) is 13.5. The molecule has 14 heteroatoms. The average molecular weight is 602 g/mol. The van der Waals surface area contributed by atoms with Crippen LogP contribution in [-0.2, 0) is 51.9 Å². The number of alkyl carbamates (subject to hydrolysis) is 3. The number of rotatable bonds is 13. The predicted octanol–water partition coefficient (Wildman–Crippen LogP) is 3.13. The van der Waals surface area contributed by atoms with Crippen LogP contribution in [0, 0.1) is 0 Å². The van der Waals surface area contributed by atoms with Gasteiger partial charge in [0.2, 0.25) is 0 Å². The van der Waals surface area contributed by atoms with Gasteiger partial charge in [0.25, 0.3) is 5.91 Å². The quantitative estimate of drug-likeness (QED) is 0.168. The van der Waals surface area contributed by atoms with Crippen molar-refractivity contribution in [1.29, 1.82) is 0 Å². The Hall–Kier alpha value is -5.92. The van der Waals surface area contributed by atoms with Crippen molar-refractivity contribution in [3.8, 4) is 0 Å². The number of amides is 4. The van der Waals surface area contributed by atoms with Gasteiger partial charge in [0.1, 0.15) is 26.4 Å². The Kier molecular flexibility index (Phi) is 11.6. The van der Waals surface area contributed by atoms with Crippen LogP contribution in [0.3, 0.4) is 0 Å². The Balaban J connectivity index is 1.32. The molecule has 14 nitrogen and oxygen atoms in total. The monoisotopic (exact) mass is 601 g/mol. The molecule has 0 bridgehead atoms. The van der Waals surface area contributed by atoms with E-state index in [4.69, 9.17) is 14.2 Å². The van der Waals surface area contributed by atoms with Gasteiger partial charge in [-0.25, -0.2) is 19.1 Å². The van der Waals surface area contributed by atoms with E-state index in [2.05, 4.69) is 31.6 Å². The van der Waals surface area contributed by atoms with Crippen molar-refractivity contribution in [2.24, 2.45) is 0 Å². The van der Waals surface area contributed by atoms with Crippen LogP contribution in [0.4, 0.5) is 14.4 Å². The summed E-state index contributed by atoms with van der Waals surface area (Å²) in [7, 11) is 0. The summed E-state index contributed by atoms with van der Waals surface area (Å²) in [6.45, 7) is -0.640. The summed E-state index contributed by atoms with van der Waals surface area (Å²) in [5.74, 6) is -0.408. The fraction of sp³-hybridized carbons (Fsp3) is 0.200. The molecular formula is C30H31N7O7. The van der Waals surface area contributed by atoms with Crippen LogP contribution in [0.5, 0.6) is 0 Å². The lowest BCUT2D eigenvalue weighted by Crippen LogP contribution is -2.38. The van der Waals surface area contributed by atoms with E-state index in [1.165, 1.54) is 4.68 Å². The Labute approximate surface area is 252 Å². The molecule has 0 saturated carbocycles. The molecule has 4 rings (SSSR count). The van der Waals surface area contributed by atoms with Gasteiger partial charge in [0.15, 0.2) is 11.6 Å². The maximum Gasteiger partial charge on any atom is 0.407 e. The van der Waals surface area contributed by atoms with Crippen LogP contribution < -0.4 is 21.4 Å². The zero-order chi connectivity index (χ0) is 31.0. The number of benzene rings is 3. The summed E-state index contributed by atoms with van der Waals surface area (Å²) in [6.07, 6.45) is -2.23. The molecule has 0 aliphatic carbocycles. The fourth-order valence-corrected chi connectivity index (χ4v) is 3.65. The standard InChI is InChI=1S/C30H31N7O7/c38-27(18-33-30(41)44-21-24-14-8-3-9-15-24)36-37-25(16-31-28(39)42-19-22-10-4-1-5-11-22)34-35-26(37)17-32-29(40)43-20-23-12-6-2-7-13-23/h1-15H,16-21H2,(H,31,39)(H,32,40)(H,33,41)(H,36,38). The second-order valence-electron chi connectivity index (χ2n) is 9.15. The highest BCUT2D eigenvalue weighted by molar-refractivity contribution is 5.88. The van der Waals surface area contributed by atoms with E-state index in [1.54, 1.807) is 12.1 Å². The zero-order valence-electron chi connectivity index (χ0n) is 23.6. The maximum atomic E-state index is 12.7. The first kappa shape index (κ1) is 31.0. The fourth-order valence-electron chi connectivity index (χ4n) is 3.65. The van der Waals surface area contributed by atoms with Gasteiger partial charge >= 0.3 is 18.3 Å². The molecule has 0 unspecified atom stereocenters. The highest BCUT2D eigenvalue weighted by atomic mass is 16.6. The minimum Gasteiger partial charge on any atom is -0.445 e. The minimum absolute atomic E-state index is 0.0338. The van der Waals surface area contributed by atoms with E-state index < -0.39 is 30.7 Å². The van der Waals surface area contributed by atoms with E-state index in [0.717, 1.165) is 16.7 Å². The number of nitrogens with zero attached hydrogens (tertiary/aromatic N) is 3. The topological polar surface area (TPSA) is 175 Å². The molecule has 0 saturated heterocycles. The number of carbonyl (C=O) groups excluding carboxylic acids is 4. The summed E-state index contributed by atoms with van der Waals surface area (Å²) < 4.78 is 16.7. The van der Waals surface area contributed by atoms with E-state index in [1.807, 2.05) is 78.9 Å². The Morgan fingerprint density at radius 3 is 1.30 bits per heavy atom. The molecule has 228 valence electrons. The van der Waals surface area contributed by atoms with Gasteiger partial charge < -0.3 is 30.2 Å². The second-order valence-corrected chi connectivity index (χ2v) is 9.15. The molecule has 0 aliphatic heterocycles. The first-order chi connectivity index (χ1) is 21.5. The SMILES string of the molecule is O=C(CNC(=O)OCc1ccccc1)Nn1c(CNC(=O)OCc2ccccc2)nnc1CNC(=O)OCc1ccccc1. The van der Waals surface area contributed by atoms with Crippen LogP contribution in [0.1, 0.15) is 28.3 Å². The van der Waals surface area contributed by atoms with Gasteiger partial charge in [-0.15, -0.1) is 10.2 Å². The molecule has 4 aromatic rings. The molecule has 0 radical (unpaired) electrons. The van der Waals surface area contributed by atoms with E-state index in [0.29, 0.717) is 0 Å². The molecule has 0 spiro atoms. The minimum atomic E-state index is -0.793. The van der Waals surface area contributed by atoms with Crippen molar-refractivity contribution in [2.45, 2.75) is 32.9 Å². The van der Waals surface area contributed by atoms with Gasteiger partial charge in [0, 0.05) is 0 Å². The Bertz CT molecular complexity index is 1440. The molecule has 0 fully saturated rings. The Morgan fingerprint density at radius 1 is 0.545 bits per heavy atom. The lowest BCUT2D eigenvalue weighted by Gasteiger charge is -2.13. The first-order valence-corrected chi connectivity index (χ1v) is 13.5. The molecule has 0 atom stereocenters. The number of carbonyl (C=O) groups is 4. The van der Waals surface area contributed by atoms with E-state index in [9.17, 15) is 19.2 Å². The van der Waals surface area contributed by atoms with Crippen LogP contribution in [0.25, 0.3) is 0 Å². The molecule has 4 amide bonds. The number of hydrogen-bond acceptors (Lipinski definition) is 9. The van der Waals surface area contributed by atoms with Crippen LogP contribution in [-0.4, -0.2) is 45.6 Å². The van der Waals surface area contributed by atoms with Crippen molar-refractivity contribution in [1.82, 2.24) is 30.8 Å². The van der Waals surface area contributed by atoms with Gasteiger partial charge in [-0.2, -0.15) is 0 Å². The summed E-state index contributed by atoms with van der Waals surface area (Å²) in [5, 5.41) is 15.5. The van der Waals surface area contributed by atoms with E-state index >= 15 is 0 Å². The lowest BCUT2D eigenvalue weighted by molar-refractivity contribution is -0.116. The molecule has 44 heavy (non-hydrogen) atoms. The molecule has 1 aromatic heterocycles. The second kappa shape index (κ2) is 16.5. The third-order valence-corrected chi connectivity index (χ3v) is 5.85. The third kappa shape index (κ3) is 10.5.